The normalized spacial score (nSPS) is 14.7. The molecule has 0 unspecified atom stereocenters. The zero-order valence-corrected chi connectivity index (χ0v) is 15.6. The maximum absolute atomic E-state index is 12.5. The van der Waals surface area contributed by atoms with Crippen molar-refractivity contribution in [3.8, 4) is 11.5 Å². The Balaban J connectivity index is 2.14. The summed E-state index contributed by atoms with van der Waals surface area (Å²) in [5, 5.41) is 12.1. The molecule has 0 fully saturated rings. The monoisotopic (exact) mass is 362 g/mol. The number of fused-ring (bicyclic) bond motifs is 1. The molecule has 0 bridgehead atoms. The van der Waals surface area contributed by atoms with Gasteiger partial charge in [-0.05, 0) is 35.3 Å². The smallest absolute Gasteiger partial charge is 0.240 e. The van der Waals surface area contributed by atoms with Crippen molar-refractivity contribution in [2.75, 3.05) is 27.4 Å². The Morgan fingerprint density at radius 1 is 1.27 bits per heavy atom. The summed E-state index contributed by atoms with van der Waals surface area (Å²) in [6, 6.07) is 3.25. The first-order valence-electron chi connectivity index (χ1n) is 8.52. The molecule has 1 atom stereocenters. The summed E-state index contributed by atoms with van der Waals surface area (Å²) in [6.07, 6.45) is 3.54. The lowest BCUT2D eigenvalue weighted by molar-refractivity contribution is -0.133. The van der Waals surface area contributed by atoms with E-state index >= 15 is 0 Å². The largest absolute Gasteiger partial charge is 0.493 e. The Morgan fingerprint density at radius 2 is 1.92 bits per heavy atom. The van der Waals surface area contributed by atoms with Gasteiger partial charge in [-0.25, -0.2) is 0 Å². The summed E-state index contributed by atoms with van der Waals surface area (Å²) in [5.74, 6) is 0.742. The number of amides is 2. The van der Waals surface area contributed by atoms with E-state index < -0.39 is 0 Å². The highest BCUT2D eigenvalue weighted by Crippen LogP contribution is 2.32. The highest BCUT2D eigenvalue weighted by atomic mass is 16.5. The number of hydrogen-bond acceptors (Lipinski definition) is 5. The molecule has 7 heteroatoms. The molecule has 2 amide bonds. The van der Waals surface area contributed by atoms with Crippen LogP contribution in [0.1, 0.15) is 25.0 Å². The third-order valence-electron chi connectivity index (χ3n) is 4.40. The van der Waals surface area contributed by atoms with Crippen molar-refractivity contribution in [2.45, 2.75) is 26.3 Å². The second-order valence-corrected chi connectivity index (χ2v) is 6.52. The van der Waals surface area contributed by atoms with Crippen LogP contribution in [0.3, 0.4) is 0 Å². The van der Waals surface area contributed by atoms with Crippen LogP contribution in [0.25, 0.3) is 6.08 Å². The Kier molecular flexibility index (Phi) is 6.63. The van der Waals surface area contributed by atoms with Crippen LogP contribution < -0.4 is 14.8 Å². The van der Waals surface area contributed by atoms with Gasteiger partial charge in [-0.3, -0.25) is 9.59 Å². The third kappa shape index (κ3) is 4.54. The lowest BCUT2D eigenvalue weighted by Gasteiger charge is -2.22. The fourth-order valence-corrected chi connectivity index (χ4v) is 2.73. The van der Waals surface area contributed by atoms with Crippen LogP contribution in [0.5, 0.6) is 11.5 Å². The number of carbonyl (C=O) groups excluding carboxylic acids is 2. The van der Waals surface area contributed by atoms with Gasteiger partial charge < -0.3 is 24.8 Å². The van der Waals surface area contributed by atoms with Crippen LogP contribution in [0.2, 0.25) is 0 Å². The number of ether oxygens (including phenoxy) is 2. The molecule has 0 radical (unpaired) electrons. The lowest BCUT2D eigenvalue weighted by Crippen LogP contribution is -2.46. The summed E-state index contributed by atoms with van der Waals surface area (Å²) in [7, 11) is 3.10. The van der Waals surface area contributed by atoms with Gasteiger partial charge in [0.25, 0.3) is 0 Å². The van der Waals surface area contributed by atoms with E-state index in [1.165, 1.54) is 4.90 Å². The topological polar surface area (TPSA) is 88.1 Å². The van der Waals surface area contributed by atoms with Crippen LogP contribution in [-0.4, -0.2) is 55.2 Å². The van der Waals surface area contributed by atoms with Gasteiger partial charge in [0.05, 0.1) is 33.3 Å². The molecule has 1 aliphatic heterocycles. The van der Waals surface area contributed by atoms with E-state index in [9.17, 15) is 14.7 Å². The van der Waals surface area contributed by atoms with Crippen LogP contribution in [0.15, 0.2) is 18.3 Å². The molecule has 1 aliphatic rings. The summed E-state index contributed by atoms with van der Waals surface area (Å²) >= 11 is 0. The predicted molar refractivity (Wildman–Crippen MR) is 97.9 cm³/mol. The predicted octanol–water partition coefficient (Wildman–Crippen LogP) is 1.19. The maximum atomic E-state index is 12.5. The van der Waals surface area contributed by atoms with Crippen molar-refractivity contribution >= 4 is 17.9 Å². The van der Waals surface area contributed by atoms with Gasteiger partial charge in [-0.15, -0.1) is 0 Å². The molecule has 26 heavy (non-hydrogen) atoms. The average molecular weight is 362 g/mol. The maximum Gasteiger partial charge on any atom is 0.240 e. The molecule has 1 heterocycles. The number of methoxy groups -OCH3 is 2. The van der Waals surface area contributed by atoms with Crippen molar-refractivity contribution in [1.82, 2.24) is 10.2 Å². The second kappa shape index (κ2) is 8.71. The first kappa shape index (κ1) is 19.8. The summed E-state index contributed by atoms with van der Waals surface area (Å²) in [4.78, 5) is 26.1. The molecule has 0 saturated heterocycles. The Labute approximate surface area is 153 Å². The molecular weight excluding hydrogens is 336 g/mol. The van der Waals surface area contributed by atoms with E-state index in [1.807, 2.05) is 19.9 Å². The average Bonchev–Trinajstić information content (AvgIpc) is 2.76. The zero-order valence-electron chi connectivity index (χ0n) is 15.6. The molecule has 1 aromatic rings. The van der Waals surface area contributed by atoms with Crippen molar-refractivity contribution in [2.24, 2.45) is 5.92 Å². The highest BCUT2D eigenvalue weighted by Gasteiger charge is 2.23. The first-order valence-corrected chi connectivity index (χ1v) is 8.52. The molecule has 1 aromatic carbocycles. The quantitative estimate of drug-likeness (QED) is 0.761. The van der Waals surface area contributed by atoms with Crippen molar-refractivity contribution in [3.05, 3.63) is 29.5 Å². The number of nitrogens with zero attached hydrogens (tertiary/aromatic N) is 1. The van der Waals surface area contributed by atoms with E-state index in [4.69, 9.17) is 9.47 Å². The summed E-state index contributed by atoms with van der Waals surface area (Å²) in [5.41, 5.74) is 1.65. The third-order valence-corrected chi connectivity index (χ3v) is 4.40. The molecule has 142 valence electrons. The minimum absolute atomic E-state index is 0.0964. The summed E-state index contributed by atoms with van der Waals surface area (Å²) < 4.78 is 10.6. The minimum Gasteiger partial charge on any atom is -0.493 e. The fourth-order valence-electron chi connectivity index (χ4n) is 2.73. The molecule has 0 saturated carbocycles. The van der Waals surface area contributed by atoms with E-state index in [0.717, 1.165) is 11.1 Å². The van der Waals surface area contributed by atoms with Gasteiger partial charge in [0.15, 0.2) is 11.5 Å². The zero-order chi connectivity index (χ0) is 19.3. The molecular formula is C19H26N2O5. The van der Waals surface area contributed by atoms with Crippen LogP contribution in [0, 0.1) is 5.92 Å². The van der Waals surface area contributed by atoms with Gasteiger partial charge in [0.1, 0.15) is 6.54 Å². The standard InChI is InChI=1S/C19H26N2O5/c1-12(2)15(11-22)20-18(23)10-21-6-5-13-7-16(25-3)17(26-4)8-14(13)9-19(21)24/h5-8,12,15,22H,9-11H2,1-4H3,(H,20,23)/t15-/m1/s1. The van der Waals surface area contributed by atoms with Gasteiger partial charge in [-0.2, -0.15) is 0 Å². The van der Waals surface area contributed by atoms with Gasteiger partial charge in [0, 0.05) is 6.20 Å². The lowest BCUT2D eigenvalue weighted by atomic mass is 10.0. The Hall–Kier alpha value is -2.54. The summed E-state index contributed by atoms with van der Waals surface area (Å²) in [6.45, 7) is 3.59. The van der Waals surface area contributed by atoms with Crippen LogP contribution >= 0.6 is 0 Å². The Morgan fingerprint density at radius 3 is 2.50 bits per heavy atom. The molecule has 0 aliphatic carbocycles. The number of benzene rings is 1. The molecule has 2 N–H and O–H groups in total. The van der Waals surface area contributed by atoms with Gasteiger partial charge >= 0.3 is 0 Å². The molecule has 2 rings (SSSR count). The van der Waals surface area contributed by atoms with Crippen LogP contribution in [0.4, 0.5) is 0 Å². The molecule has 7 nitrogen and oxygen atoms in total. The van der Waals surface area contributed by atoms with Gasteiger partial charge in [-0.1, -0.05) is 13.8 Å². The SMILES string of the molecule is COc1cc2c(cc1OC)CC(=O)N(CC(=O)N[C@H](CO)C(C)C)C=C2. The van der Waals surface area contributed by atoms with Gasteiger partial charge in [0.2, 0.25) is 11.8 Å². The van der Waals surface area contributed by atoms with Crippen molar-refractivity contribution < 1.29 is 24.2 Å². The van der Waals surface area contributed by atoms with Crippen molar-refractivity contribution in [3.63, 3.8) is 0 Å². The fraction of sp³-hybridized carbons (Fsp3) is 0.474. The highest BCUT2D eigenvalue weighted by molar-refractivity contribution is 5.89. The number of nitrogens with one attached hydrogen (secondary N) is 1. The van der Waals surface area contributed by atoms with E-state index in [2.05, 4.69) is 5.32 Å². The number of aliphatic hydroxyl groups is 1. The van der Waals surface area contributed by atoms with E-state index in [1.54, 1.807) is 32.6 Å². The second-order valence-electron chi connectivity index (χ2n) is 6.52. The molecule has 0 aromatic heterocycles. The Bertz CT molecular complexity index is 699. The van der Waals surface area contributed by atoms with Crippen LogP contribution in [-0.2, 0) is 16.0 Å². The first-order chi connectivity index (χ1) is 12.4. The number of aliphatic hydroxyl groups excluding tert-OH is 1. The van der Waals surface area contributed by atoms with E-state index in [0.29, 0.717) is 11.5 Å². The molecule has 0 spiro atoms. The van der Waals surface area contributed by atoms with Crippen molar-refractivity contribution in [1.29, 1.82) is 0 Å². The number of hydrogen-bond donors (Lipinski definition) is 2. The number of carbonyl (C=O) groups is 2. The van der Waals surface area contributed by atoms with E-state index in [-0.39, 0.29) is 43.3 Å². The number of rotatable bonds is 7. The minimum atomic E-state index is -0.334.